The minimum atomic E-state index is -4.40. The first-order chi connectivity index (χ1) is 9.47. The van der Waals surface area contributed by atoms with E-state index in [2.05, 4.69) is 0 Å². The zero-order valence-electron chi connectivity index (χ0n) is 10.9. The molecule has 0 bridgehead atoms. The molecule has 2 nitrogen and oxygen atoms in total. The van der Waals surface area contributed by atoms with E-state index in [4.69, 9.17) is 10.5 Å². The summed E-state index contributed by atoms with van der Waals surface area (Å²) in [4.78, 5) is 0. The van der Waals surface area contributed by atoms with E-state index in [1.165, 1.54) is 19.2 Å². The summed E-state index contributed by atoms with van der Waals surface area (Å²) in [6, 6.07) is 10.4. The quantitative estimate of drug-likeness (QED) is 0.927. The lowest BCUT2D eigenvalue weighted by molar-refractivity contribution is -0.137. The van der Waals surface area contributed by atoms with Gasteiger partial charge in [0.15, 0.2) is 0 Å². The summed E-state index contributed by atoms with van der Waals surface area (Å²) in [7, 11) is 1.50. The van der Waals surface area contributed by atoms with Gasteiger partial charge in [-0.15, -0.1) is 0 Å². The molecule has 2 aromatic rings. The van der Waals surface area contributed by atoms with Crippen LogP contribution in [0, 0.1) is 0 Å². The van der Waals surface area contributed by atoms with Gasteiger partial charge in [0.1, 0.15) is 5.75 Å². The maximum atomic E-state index is 13.1. The van der Waals surface area contributed by atoms with Crippen molar-refractivity contribution in [3.8, 4) is 16.9 Å². The van der Waals surface area contributed by atoms with Crippen molar-refractivity contribution in [2.45, 2.75) is 12.7 Å². The first-order valence-electron chi connectivity index (χ1n) is 6.01. The summed E-state index contributed by atoms with van der Waals surface area (Å²) in [6.45, 7) is 0.138. The van der Waals surface area contributed by atoms with Gasteiger partial charge in [-0.25, -0.2) is 0 Å². The summed E-state index contributed by atoms with van der Waals surface area (Å²) in [5.74, 6) is 0.568. The first kappa shape index (κ1) is 14.4. The highest BCUT2D eigenvalue weighted by Gasteiger charge is 2.33. The molecule has 0 spiro atoms. The average molecular weight is 281 g/mol. The molecule has 2 rings (SSSR count). The molecule has 0 saturated carbocycles. The Bertz CT molecular complexity index is 608. The van der Waals surface area contributed by atoms with Crippen molar-refractivity contribution in [3.63, 3.8) is 0 Å². The summed E-state index contributed by atoms with van der Waals surface area (Å²) in [6.07, 6.45) is -4.40. The molecule has 2 aromatic carbocycles. The minimum Gasteiger partial charge on any atom is -0.497 e. The van der Waals surface area contributed by atoms with Gasteiger partial charge in [0.25, 0.3) is 0 Å². The van der Waals surface area contributed by atoms with Gasteiger partial charge in [-0.05, 0) is 34.9 Å². The third-order valence-corrected chi connectivity index (χ3v) is 3.05. The van der Waals surface area contributed by atoms with Crippen molar-refractivity contribution >= 4 is 0 Å². The van der Waals surface area contributed by atoms with Crippen LogP contribution in [0.25, 0.3) is 11.1 Å². The second kappa shape index (κ2) is 5.54. The van der Waals surface area contributed by atoms with Crippen molar-refractivity contribution in [3.05, 3.63) is 53.6 Å². The molecular weight excluding hydrogens is 267 g/mol. The Morgan fingerprint density at radius 3 is 2.35 bits per heavy atom. The van der Waals surface area contributed by atoms with Crippen molar-refractivity contribution in [1.29, 1.82) is 0 Å². The van der Waals surface area contributed by atoms with E-state index in [1.807, 2.05) is 0 Å². The lowest BCUT2D eigenvalue weighted by Crippen LogP contribution is -2.08. The highest BCUT2D eigenvalue weighted by atomic mass is 19.4. The van der Waals surface area contributed by atoms with Crippen LogP contribution in [0.5, 0.6) is 5.75 Å². The van der Waals surface area contributed by atoms with Crippen molar-refractivity contribution in [2.24, 2.45) is 5.73 Å². The van der Waals surface area contributed by atoms with Gasteiger partial charge < -0.3 is 10.5 Å². The van der Waals surface area contributed by atoms with Crippen LogP contribution in [0.2, 0.25) is 0 Å². The zero-order chi connectivity index (χ0) is 14.8. The Labute approximate surface area is 115 Å². The molecule has 0 aliphatic rings. The number of nitrogens with two attached hydrogens (primary N) is 1. The molecule has 0 fully saturated rings. The van der Waals surface area contributed by atoms with Crippen LogP contribution in [-0.2, 0) is 12.7 Å². The fraction of sp³-hybridized carbons (Fsp3) is 0.200. The lowest BCUT2D eigenvalue weighted by Gasteiger charge is -2.16. The fourth-order valence-electron chi connectivity index (χ4n) is 2.09. The second-order valence-electron chi connectivity index (χ2n) is 4.27. The molecule has 0 radical (unpaired) electrons. The molecule has 0 heterocycles. The third kappa shape index (κ3) is 2.77. The first-order valence-corrected chi connectivity index (χ1v) is 6.01. The van der Waals surface area contributed by atoms with Crippen LogP contribution in [-0.4, -0.2) is 7.11 Å². The Morgan fingerprint density at radius 1 is 1.05 bits per heavy atom. The Morgan fingerprint density at radius 2 is 1.75 bits per heavy atom. The number of rotatable bonds is 3. The van der Waals surface area contributed by atoms with E-state index in [1.54, 1.807) is 24.3 Å². The standard InChI is InChI=1S/C15H14F3NO/c1-20-11-6-7-12(10(8-11)9-19)13-4-2-3-5-14(13)15(16,17)18/h2-8H,9,19H2,1H3. The van der Waals surface area contributed by atoms with E-state index in [0.717, 1.165) is 6.07 Å². The predicted octanol–water partition coefficient (Wildman–Crippen LogP) is 3.84. The molecule has 106 valence electrons. The molecule has 5 heteroatoms. The molecular formula is C15H14F3NO. The molecule has 0 aliphatic carbocycles. The Kier molecular flexibility index (Phi) is 3.99. The topological polar surface area (TPSA) is 35.2 Å². The highest BCUT2D eigenvalue weighted by molar-refractivity contribution is 5.72. The lowest BCUT2D eigenvalue weighted by atomic mass is 9.95. The van der Waals surface area contributed by atoms with E-state index < -0.39 is 11.7 Å². The molecule has 0 aliphatic heterocycles. The van der Waals surface area contributed by atoms with Gasteiger partial charge in [0, 0.05) is 6.54 Å². The summed E-state index contributed by atoms with van der Waals surface area (Å²) < 4.78 is 44.2. The van der Waals surface area contributed by atoms with Crippen LogP contribution in [0.3, 0.4) is 0 Å². The number of ether oxygens (including phenoxy) is 1. The predicted molar refractivity (Wildman–Crippen MR) is 71.3 cm³/mol. The number of halogens is 3. The van der Waals surface area contributed by atoms with Gasteiger partial charge in [0.2, 0.25) is 0 Å². The van der Waals surface area contributed by atoms with Gasteiger partial charge in [-0.2, -0.15) is 13.2 Å². The SMILES string of the molecule is COc1ccc(-c2ccccc2C(F)(F)F)c(CN)c1. The second-order valence-corrected chi connectivity index (χ2v) is 4.27. The maximum Gasteiger partial charge on any atom is 0.417 e. The fourth-order valence-corrected chi connectivity index (χ4v) is 2.09. The smallest absolute Gasteiger partial charge is 0.417 e. The van der Waals surface area contributed by atoms with E-state index in [0.29, 0.717) is 16.9 Å². The maximum absolute atomic E-state index is 13.1. The van der Waals surface area contributed by atoms with Crippen LogP contribution in [0.4, 0.5) is 13.2 Å². The summed E-state index contributed by atoms with van der Waals surface area (Å²) >= 11 is 0. The summed E-state index contributed by atoms with van der Waals surface area (Å²) in [5.41, 5.74) is 6.18. The van der Waals surface area contributed by atoms with Crippen LogP contribution < -0.4 is 10.5 Å². The molecule has 0 amide bonds. The van der Waals surface area contributed by atoms with Gasteiger partial charge in [-0.1, -0.05) is 24.3 Å². The van der Waals surface area contributed by atoms with E-state index in [-0.39, 0.29) is 12.1 Å². The highest BCUT2D eigenvalue weighted by Crippen LogP contribution is 2.38. The average Bonchev–Trinajstić information content (AvgIpc) is 2.45. The Hall–Kier alpha value is -2.01. The zero-order valence-corrected chi connectivity index (χ0v) is 10.9. The largest absolute Gasteiger partial charge is 0.497 e. The number of benzene rings is 2. The van der Waals surface area contributed by atoms with Crippen molar-refractivity contribution < 1.29 is 17.9 Å². The third-order valence-electron chi connectivity index (χ3n) is 3.05. The van der Waals surface area contributed by atoms with Crippen LogP contribution >= 0.6 is 0 Å². The monoisotopic (exact) mass is 281 g/mol. The minimum absolute atomic E-state index is 0.128. The Balaban J connectivity index is 2.63. The number of hydrogen-bond donors (Lipinski definition) is 1. The van der Waals surface area contributed by atoms with Crippen LogP contribution in [0.1, 0.15) is 11.1 Å². The number of hydrogen-bond acceptors (Lipinski definition) is 2. The van der Waals surface area contributed by atoms with Crippen LogP contribution in [0.15, 0.2) is 42.5 Å². The van der Waals surface area contributed by atoms with Crippen molar-refractivity contribution in [2.75, 3.05) is 7.11 Å². The molecule has 0 unspecified atom stereocenters. The van der Waals surface area contributed by atoms with Crippen molar-refractivity contribution in [1.82, 2.24) is 0 Å². The molecule has 0 aromatic heterocycles. The number of alkyl halides is 3. The normalized spacial score (nSPS) is 11.4. The summed E-state index contributed by atoms with van der Waals surface area (Å²) in [5, 5.41) is 0. The van der Waals surface area contributed by atoms with Gasteiger partial charge >= 0.3 is 6.18 Å². The van der Waals surface area contributed by atoms with Gasteiger partial charge in [-0.3, -0.25) is 0 Å². The van der Waals surface area contributed by atoms with Gasteiger partial charge in [0.05, 0.1) is 12.7 Å². The van der Waals surface area contributed by atoms with E-state index in [9.17, 15) is 13.2 Å². The molecule has 20 heavy (non-hydrogen) atoms. The molecule has 2 N–H and O–H groups in total. The molecule has 0 saturated heterocycles. The number of methoxy groups -OCH3 is 1. The van der Waals surface area contributed by atoms with E-state index >= 15 is 0 Å². The molecule has 0 atom stereocenters.